The highest BCUT2D eigenvalue weighted by molar-refractivity contribution is 6.04. The quantitative estimate of drug-likeness (QED) is 0.552. The topological polar surface area (TPSA) is 69.4 Å². The van der Waals surface area contributed by atoms with Gasteiger partial charge < -0.3 is 10.5 Å². The van der Waals surface area contributed by atoms with Gasteiger partial charge in [0.15, 0.2) is 11.4 Å². The predicted octanol–water partition coefficient (Wildman–Crippen LogP) is -0.576. The lowest BCUT2D eigenvalue weighted by atomic mass is 9.90. The van der Waals surface area contributed by atoms with E-state index in [-0.39, 0.29) is 12.4 Å². The maximum absolute atomic E-state index is 10.9. The molecule has 11 heavy (non-hydrogen) atoms. The van der Waals surface area contributed by atoms with Gasteiger partial charge in [0.2, 0.25) is 5.91 Å². The van der Waals surface area contributed by atoms with Gasteiger partial charge in [0.25, 0.3) is 0 Å². The highest BCUT2D eigenvalue weighted by Gasteiger charge is 2.48. The minimum Gasteiger partial charge on any atom is -0.367 e. The van der Waals surface area contributed by atoms with E-state index in [4.69, 9.17) is 10.5 Å². The van der Waals surface area contributed by atoms with E-state index >= 15 is 0 Å². The first kappa shape index (κ1) is 8.20. The summed E-state index contributed by atoms with van der Waals surface area (Å²) in [6, 6.07) is 0. The zero-order valence-electron chi connectivity index (χ0n) is 6.51. The summed E-state index contributed by atoms with van der Waals surface area (Å²) in [7, 11) is 0. The minimum atomic E-state index is -1.17. The molecule has 0 aromatic rings. The van der Waals surface area contributed by atoms with Gasteiger partial charge in [0.1, 0.15) is 6.61 Å². The van der Waals surface area contributed by atoms with Crippen molar-refractivity contribution >= 4 is 11.7 Å². The zero-order valence-corrected chi connectivity index (χ0v) is 6.51. The summed E-state index contributed by atoms with van der Waals surface area (Å²) in [4.78, 5) is 21.7. The van der Waals surface area contributed by atoms with E-state index in [0.29, 0.717) is 5.92 Å². The zero-order chi connectivity index (χ0) is 8.65. The fourth-order valence-corrected chi connectivity index (χ4v) is 0.948. The summed E-state index contributed by atoms with van der Waals surface area (Å²) in [6.45, 7) is 3.04. The molecule has 0 bridgehead atoms. The van der Waals surface area contributed by atoms with E-state index in [1.54, 1.807) is 6.92 Å². The summed E-state index contributed by atoms with van der Waals surface area (Å²) in [5.74, 6) is -0.364. The van der Waals surface area contributed by atoms with Gasteiger partial charge in [0, 0.05) is 0 Å². The van der Waals surface area contributed by atoms with Crippen LogP contribution in [0.25, 0.3) is 0 Å². The number of rotatable bonds is 1. The second-order valence-corrected chi connectivity index (χ2v) is 2.73. The van der Waals surface area contributed by atoms with Crippen molar-refractivity contribution < 1.29 is 14.3 Å². The number of Topliss-reactive ketones (excluding diaryl/α,β-unsaturated/α-hetero) is 1. The number of nitrogens with two attached hydrogens (primary N) is 1. The van der Waals surface area contributed by atoms with E-state index in [1.165, 1.54) is 6.92 Å². The van der Waals surface area contributed by atoms with Gasteiger partial charge in [-0.1, -0.05) is 0 Å². The van der Waals surface area contributed by atoms with Crippen molar-refractivity contribution in [1.82, 2.24) is 0 Å². The Morgan fingerprint density at radius 1 is 1.73 bits per heavy atom. The summed E-state index contributed by atoms with van der Waals surface area (Å²) >= 11 is 0. The molecule has 4 heteroatoms. The molecule has 1 unspecified atom stereocenters. The fourth-order valence-electron chi connectivity index (χ4n) is 0.948. The van der Waals surface area contributed by atoms with Crippen LogP contribution in [0, 0.1) is 5.92 Å². The third kappa shape index (κ3) is 1.03. The molecule has 1 saturated heterocycles. The van der Waals surface area contributed by atoms with E-state index in [1.807, 2.05) is 0 Å². The lowest BCUT2D eigenvalue weighted by molar-refractivity contribution is -0.134. The summed E-state index contributed by atoms with van der Waals surface area (Å²) < 4.78 is 4.97. The van der Waals surface area contributed by atoms with Crippen molar-refractivity contribution in [2.75, 3.05) is 6.61 Å². The molecule has 1 aliphatic heterocycles. The van der Waals surface area contributed by atoms with Gasteiger partial charge in [0.05, 0.1) is 5.92 Å². The number of hydrogen-bond donors (Lipinski definition) is 1. The molecule has 0 aromatic heterocycles. The van der Waals surface area contributed by atoms with E-state index < -0.39 is 11.5 Å². The SMILES string of the molecule is C[C]1C(=O)COC1(C)C(N)=O. The molecule has 1 amide bonds. The molecule has 1 atom stereocenters. The third-order valence-electron chi connectivity index (χ3n) is 2.10. The predicted molar refractivity (Wildman–Crippen MR) is 37.5 cm³/mol. The van der Waals surface area contributed by atoms with Crippen LogP contribution in [0.4, 0.5) is 0 Å². The Morgan fingerprint density at radius 3 is 2.45 bits per heavy atom. The average Bonchev–Trinajstić information content (AvgIpc) is 2.18. The number of primary amides is 1. The first-order valence-corrected chi connectivity index (χ1v) is 3.29. The van der Waals surface area contributed by atoms with Crippen LogP contribution in [-0.2, 0) is 14.3 Å². The normalized spacial score (nSPS) is 32.7. The Balaban J connectivity index is 2.89. The monoisotopic (exact) mass is 156 g/mol. The van der Waals surface area contributed by atoms with Crippen molar-refractivity contribution in [2.45, 2.75) is 19.4 Å². The number of carbonyl (C=O) groups is 2. The van der Waals surface area contributed by atoms with Crippen LogP contribution < -0.4 is 5.73 Å². The van der Waals surface area contributed by atoms with Crippen LogP contribution in [0.5, 0.6) is 0 Å². The smallest absolute Gasteiger partial charge is 0.250 e. The molecule has 0 aromatic carbocycles. The molecular weight excluding hydrogens is 146 g/mol. The largest absolute Gasteiger partial charge is 0.367 e. The maximum atomic E-state index is 10.9. The molecule has 61 valence electrons. The van der Waals surface area contributed by atoms with Gasteiger partial charge in [-0.15, -0.1) is 0 Å². The molecule has 1 fully saturated rings. The standard InChI is InChI=1S/C7H10NO3/c1-4-5(9)3-11-7(4,2)6(8)10/h3H2,1-2H3,(H2,8,10). The number of carbonyl (C=O) groups excluding carboxylic acids is 2. The lowest BCUT2D eigenvalue weighted by Gasteiger charge is -2.21. The molecule has 1 radical (unpaired) electrons. The molecule has 1 aliphatic rings. The van der Waals surface area contributed by atoms with Crippen molar-refractivity contribution in [3.8, 4) is 0 Å². The van der Waals surface area contributed by atoms with Crippen LogP contribution in [0.15, 0.2) is 0 Å². The summed E-state index contributed by atoms with van der Waals surface area (Å²) in [5.41, 5.74) is 3.88. The number of ether oxygens (including phenoxy) is 1. The first-order chi connectivity index (χ1) is 4.98. The summed E-state index contributed by atoms with van der Waals surface area (Å²) in [5, 5.41) is 0. The Bertz CT molecular complexity index is 214. The maximum Gasteiger partial charge on any atom is 0.250 e. The van der Waals surface area contributed by atoms with Crippen LogP contribution in [0.3, 0.4) is 0 Å². The van der Waals surface area contributed by atoms with Crippen molar-refractivity contribution in [2.24, 2.45) is 5.73 Å². The third-order valence-corrected chi connectivity index (χ3v) is 2.10. The van der Waals surface area contributed by atoms with Gasteiger partial charge in [-0.2, -0.15) is 0 Å². The molecule has 0 spiro atoms. The van der Waals surface area contributed by atoms with Crippen molar-refractivity contribution in [3.63, 3.8) is 0 Å². The highest BCUT2D eigenvalue weighted by Crippen LogP contribution is 2.30. The Kier molecular flexibility index (Phi) is 1.72. The van der Waals surface area contributed by atoms with Gasteiger partial charge >= 0.3 is 0 Å². The van der Waals surface area contributed by atoms with Crippen LogP contribution in [0.2, 0.25) is 0 Å². The second-order valence-electron chi connectivity index (χ2n) is 2.73. The van der Waals surface area contributed by atoms with Gasteiger partial charge in [-0.05, 0) is 13.8 Å². The molecule has 1 rings (SSSR count). The molecule has 1 heterocycles. The molecule has 2 N–H and O–H groups in total. The Hall–Kier alpha value is -0.900. The highest BCUT2D eigenvalue weighted by atomic mass is 16.5. The minimum absolute atomic E-state index is 0.0364. The van der Waals surface area contributed by atoms with E-state index in [2.05, 4.69) is 0 Å². The van der Waals surface area contributed by atoms with Gasteiger partial charge in [-0.3, -0.25) is 9.59 Å². The summed E-state index contributed by atoms with van der Waals surface area (Å²) in [6.07, 6.45) is 0. The Morgan fingerprint density at radius 2 is 2.27 bits per heavy atom. The first-order valence-electron chi connectivity index (χ1n) is 3.29. The fraction of sp³-hybridized carbons (Fsp3) is 0.571. The number of ketones is 1. The van der Waals surface area contributed by atoms with Crippen LogP contribution in [-0.4, -0.2) is 23.9 Å². The van der Waals surface area contributed by atoms with Crippen LogP contribution >= 0.6 is 0 Å². The van der Waals surface area contributed by atoms with Crippen molar-refractivity contribution in [3.05, 3.63) is 5.92 Å². The van der Waals surface area contributed by atoms with Gasteiger partial charge in [-0.25, -0.2) is 0 Å². The second kappa shape index (κ2) is 2.30. The molecular formula is C7H10NO3. The van der Waals surface area contributed by atoms with Crippen molar-refractivity contribution in [1.29, 1.82) is 0 Å². The molecule has 4 nitrogen and oxygen atoms in total. The average molecular weight is 156 g/mol. The van der Waals surface area contributed by atoms with Crippen LogP contribution in [0.1, 0.15) is 13.8 Å². The molecule has 0 saturated carbocycles. The number of hydrogen-bond acceptors (Lipinski definition) is 3. The number of amides is 1. The molecule has 0 aliphatic carbocycles. The van der Waals surface area contributed by atoms with E-state index in [0.717, 1.165) is 0 Å². The van der Waals surface area contributed by atoms with E-state index in [9.17, 15) is 9.59 Å². The lowest BCUT2D eigenvalue weighted by Crippen LogP contribution is -2.44. The Labute approximate surface area is 64.7 Å².